The molecule has 1 saturated carbocycles. The van der Waals surface area contributed by atoms with Crippen molar-refractivity contribution in [2.75, 3.05) is 7.11 Å². The average Bonchev–Trinajstić information content (AvgIpc) is 2.35. The summed E-state index contributed by atoms with van der Waals surface area (Å²) in [5.74, 6) is 1.58. The van der Waals surface area contributed by atoms with Gasteiger partial charge in [0.2, 0.25) is 0 Å². The number of rotatable bonds is 3. The maximum atomic E-state index is 6.42. The number of ether oxygens (including phenoxy) is 1. The summed E-state index contributed by atoms with van der Waals surface area (Å²) in [5.41, 5.74) is 7.68. The van der Waals surface area contributed by atoms with Crippen molar-refractivity contribution >= 4 is 23.2 Å². The van der Waals surface area contributed by atoms with E-state index in [2.05, 4.69) is 24.3 Å². The predicted molar refractivity (Wildman–Crippen MR) is 82.0 cm³/mol. The second kappa shape index (κ2) is 5.81. The van der Waals surface area contributed by atoms with Crippen LogP contribution in [-0.4, -0.2) is 7.11 Å². The molecule has 0 spiro atoms. The Balaban J connectivity index is 0.00000133. The number of hydrogen-bond acceptors (Lipinski definition) is 2. The van der Waals surface area contributed by atoms with Crippen molar-refractivity contribution in [2.24, 2.45) is 11.7 Å². The highest BCUT2D eigenvalue weighted by molar-refractivity contribution is 5.91. The Morgan fingerprint density at radius 1 is 1.11 bits per heavy atom. The van der Waals surface area contributed by atoms with E-state index in [1.54, 1.807) is 7.11 Å². The van der Waals surface area contributed by atoms with Crippen LogP contribution in [0.4, 0.5) is 0 Å². The Hall–Kier alpha value is -1.25. The molecule has 2 N–H and O–H groups in total. The SMILES string of the molecule is COc1ccc([C@H](N)C2CCC2)c2ccccc12.Cl. The van der Waals surface area contributed by atoms with Gasteiger partial charge in [0.25, 0.3) is 0 Å². The number of hydrogen-bond donors (Lipinski definition) is 1. The summed E-state index contributed by atoms with van der Waals surface area (Å²) in [6.07, 6.45) is 3.86. The highest BCUT2D eigenvalue weighted by atomic mass is 35.5. The van der Waals surface area contributed by atoms with E-state index in [1.807, 2.05) is 12.1 Å². The third-order valence-electron chi connectivity index (χ3n) is 4.15. The minimum absolute atomic E-state index is 0. The number of benzene rings is 2. The second-order valence-electron chi connectivity index (χ2n) is 5.12. The molecule has 2 nitrogen and oxygen atoms in total. The largest absolute Gasteiger partial charge is 0.496 e. The Bertz CT molecular complexity index is 566. The Morgan fingerprint density at radius 2 is 1.79 bits per heavy atom. The lowest BCUT2D eigenvalue weighted by Crippen LogP contribution is -2.27. The van der Waals surface area contributed by atoms with E-state index in [-0.39, 0.29) is 18.4 Å². The molecule has 0 saturated heterocycles. The van der Waals surface area contributed by atoms with Gasteiger partial charge in [0.15, 0.2) is 0 Å². The van der Waals surface area contributed by atoms with Gasteiger partial charge in [0.1, 0.15) is 5.75 Å². The van der Waals surface area contributed by atoms with Crippen molar-refractivity contribution in [3.05, 3.63) is 42.0 Å². The molecular formula is C16H20ClNO. The minimum atomic E-state index is 0. The molecule has 2 aromatic rings. The molecule has 102 valence electrons. The zero-order valence-electron chi connectivity index (χ0n) is 11.1. The summed E-state index contributed by atoms with van der Waals surface area (Å²) in [6, 6.07) is 12.7. The molecule has 0 aliphatic heterocycles. The summed E-state index contributed by atoms with van der Waals surface area (Å²) >= 11 is 0. The molecular weight excluding hydrogens is 258 g/mol. The first kappa shape index (κ1) is 14.2. The number of methoxy groups -OCH3 is 1. The van der Waals surface area contributed by atoms with E-state index in [1.165, 1.54) is 30.2 Å². The summed E-state index contributed by atoms with van der Waals surface area (Å²) in [6.45, 7) is 0. The van der Waals surface area contributed by atoms with Crippen LogP contribution in [0.5, 0.6) is 5.75 Å². The van der Waals surface area contributed by atoms with Crippen LogP contribution >= 0.6 is 12.4 Å². The molecule has 3 rings (SSSR count). The van der Waals surface area contributed by atoms with Crippen LogP contribution in [0.25, 0.3) is 10.8 Å². The van der Waals surface area contributed by atoms with E-state index in [0.717, 1.165) is 11.1 Å². The van der Waals surface area contributed by atoms with Gasteiger partial charge in [-0.2, -0.15) is 0 Å². The summed E-state index contributed by atoms with van der Waals surface area (Å²) < 4.78 is 5.42. The third-order valence-corrected chi connectivity index (χ3v) is 4.15. The van der Waals surface area contributed by atoms with Gasteiger partial charge in [0, 0.05) is 11.4 Å². The van der Waals surface area contributed by atoms with Crippen molar-refractivity contribution in [3.63, 3.8) is 0 Å². The van der Waals surface area contributed by atoms with E-state index >= 15 is 0 Å². The van der Waals surface area contributed by atoms with Crippen molar-refractivity contribution in [1.29, 1.82) is 0 Å². The molecule has 2 aromatic carbocycles. The number of halogens is 1. The molecule has 0 radical (unpaired) electrons. The topological polar surface area (TPSA) is 35.2 Å². The fourth-order valence-corrected chi connectivity index (χ4v) is 2.82. The fraction of sp³-hybridized carbons (Fsp3) is 0.375. The van der Waals surface area contributed by atoms with Gasteiger partial charge >= 0.3 is 0 Å². The van der Waals surface area contributed by atoms with Gasteiger partial charge in [-0.1, -0.05) is 36.8 Å². The highest BCUT2D eigenvalue weighted by Gasteiger charge is 2.26. The number of nitrogens with two attached hydrogens (primary N) is 1. The smallest absolute Gasteiger partial charge is 0.126 e. The normalized spacial score (nSPS) is 16.5. The predicted octanol–water partition coefficient (Wildman–Crippen LogP) is 4.07. The van der Waals surface area contributed by atoms with E-state index in [9.17, 15) is 0 Å². The first-order chi connectivity index (χ1) is 8.81. The number of fused-ring (bicyclic) bond motifs is 1. The minimum Gasteiger partial charge on any atom is -0.496 e. The molecule has 1 aliphatic carbocycles. The van der Waals surface area contributed by atoms with Crippen LogP contribution in [0.3, 0.4) is 0 Å². The van der Waals surface area contributed by atoms with Crippen LogP contribution in [0, 0.1) is 5.92 Å². The molecule has 1 fully saturated rings. The molecule has 0 heterocycles. The lowest BCUT2D eigenvalue weighted by molar-refractivity contribution is 0.265. The zero-order chi connectivity index (χ0) is 12.5. The van der Waals surface area contributed by atoms with Crippen molar-refractivity contribution in [2.45, 2.75) is 25.3 Å². The lowest BCUT2D eigenvalue weighted by atomic mass is 9.77. The van der Waals surface area contributed by atoms with Crippen LogP contribution in [0.2, 0.25) is 0 Å². The zero-order valence-corrected chi connectivity index (χ0v) is 12.0. The van der Waals surface area contributed by atoms with E-state index in [4.69, 9.17) is 10.5 Å². The van der Waals surface area contributed by atoms with Crippen LogP contribution < -0.4 is 10.5 Å². The van der Waals surface area contributed by atoms with Crippen molar-refractivity contribution in [3.8, 4) is 5.75 Å². The highest BCUT2D eigenvalue weighted by Crippen LogP contribution is 2.39. The van der Waals surface area contributed by atoms with Crippen molar-refractivity contribution in [1.82, 2.24) is 0 Å². The molecule has 0 aromatic heterocycles. The third kappa shape index (κ3) is 2.43. The summed E-state index contributed by atoms with van der Waals surface area (Å²) in [7, 11) is 1.72. The summed E-state index contributed by atoms with van der Waals surface area (Å²) in [5, 5.41) is 2.39. The van der Waals surface area contributed by atoms with Crippen LogP contribution in [0.1, 0.15) is 30.9 Å². The van der Waals surface area contributed by atoms with Gasteiger partial charge in [-0.3, -0.25) is 0 Å². The fourth-order valence-electron chi connectivity index (χ4n) is 2.82. The molecule has 0 amide bonds. The van der Waals surface area contributed by atoms with Gasteiger partial charge in [-0.15, -0.1) is 12.4 Å². The molecule has 0 bridgehead atoms. The van der Waals surface area contributed by atoms with Gasteiger partial charge in [-0.25, -0.2) is 0 Å². The Morgan fingerprint density at radius 3 is 2.37 bits per heavy atom. The standard InChI is InChI=1S/C16H19NO.ClH/c1-18-15-10-9-14(16(17)11-5-4-6-11)12-7-2-3-8-13(12)15;/h2-3,7-11,16H,4-6,17H2,1H3;1H/t16-;/m1./s1. The molecule has 1 atom stereocenters. The first-order valence-corrected chi connectivity index (χ1v) is 6.62. The molecule has 1 aliphatic rings. The quantitative estimate of drug-likeness (QED) is 0.918. The van der Waals surface area contributed by atoms with E-state index < -0.39 is 0 Å². The molecule has 0 unspecified atom stereocenters. The van der Waals surface area contributed by atoms with E-state index in [0.29, 0.717) is 5.92 Å². The molecule has 19 heavy (non-hydrogen) atoms. The molecule has 3 heteroatoms. The maximum absolute atomic E-state index is 6.42. The van der Waals surface area contributed by atoms with Crippen LogP contribution in [0.15, 0.2) is 36.4 Å². The second-order valence-corrected chi connectivity index (χ2v) is 5.12. The first-order valence-electron chi connectivity index (χ1n) is 6.62. The summed E-state index contributed by atoms with van der Waals surface area (Å²) in [4.78, 5) is 0. The van der Waals surface area contributed by atoms with Gasteiger partial charge in [-0.05, 0) is 35.8 Å². The Kier molecular flexibility index (Phi) is 4.33. The maximum Gasteiger partial charge on any atom is 0.126 e. The van der Waals surface area contributed by atoms with Crippen molar-refractivity contribution < 1.29 is 4.74 Å². The lowest BCUT2D eigenvalue weighted by Gasteiger charge is -2.32. The van der Waals surface area contributed by atoms with Gasteiger partial charge in [0.05, 0.1) is 7.11 Å². The average molecular weight is 278 g/mol. The van der Waals surface area contributed by atoms with Gasteiger partial charge < -0.3 is 10.5 Å². The van der Waals surface area contributed by atoms with Crippen LogP contribution in [-0.2, 0) is 0 Å². The monoisotopic (exact) mass is 277 g/mol. The Labute approximate surface area is 120 Å².